The van der Waals surface area contributed by atoms with E-state index in [2.05, 4.69) is 24.2 Å². The SMILES string of the molecule is CC(C)CC1CCCC2(C1)N=C(N)NC2=O. The van der Waals surface area contributed by atoms with Crippen LogP contribution in [0, 0.1) is 11.8 Å². The molecule has 1 aliphatic carbocycles. The van der Waals surface area contributed by atoms with Gasteiger partial charge in [0, 0.05) is 0 Å². The molecule has 0 aromatic rings. The highest BCUT2D eigenvalue weighted by Gasteiger charge is 2.46. The minimum Gasteiger partial charge on any atom is -0.370 e. The molecule has 2 aliphatic rings. The van der Waals surface area contributed by atoms with Crippen LogP contribution in [0.1, 0.15) is 46.0 Å². The van der Waals surface area contributed by atoms with Crippen LogP contribution in [-0.2, 0) is 4.79 Å². The topological polar surface area (TPSA) is 67.5 Å². The van der Waals surface area contributed by atoms with Gasteiger partial charge in [0.2, 0.25) is 0 Å². The van der Waals surface area contributed by atoms with E-state index in [-0.39, 0.29) is 5.91 Å². The highest BCUT2D eigenvalue weighted by Crippen LogP contribution is 2.39. The van der Waals surface area contributed by atoms with Gasteiger partial charge < -0.3 is 5.73 Å². The van der Waals surface area contributed by atoms with E-state index in [4.69, 9.17) is 5.73 Å². The summed E-state index contributed by atoms with van der Waals surface area (Å²) >= 11 is 0. The molecule has 1 aliphatic heterocycles. The number of hydrogen-bond donors (Lipinski definition) is 2. The Balaban J connectivity index is 2.09. The molecule has 1 heterocycles. The van der Waals surface area contributed by atoms with Crippen LogP contribution in [0.5, 0.6) is 0 Å². The molecule has 1 fully saturated rings. The normalized spacial score (nSPS) is 34.3. The van der Waals surface area contributed by atoms with E-state index in [9.17, 15) is 4.79 Å². The zero-order valence-electron chi connectivity index (χ0n) is 10.1. The van der Waals surface area contributed by atoms with Crippen molar-refractivity contribution >= 4 is 11.9 Å². The minimum absolute atomic E-state index is 0.0125. The van der Waals surface area contributed by atoms with E-state index in [0.717, 1.165) is 19.3 Å². The number of carbonyl (C=O) groups excluding carboxylic acids is 1. The highest BCUT2D eigenvalue weighted by molar-refractivity contribution is 6.06. The number of hydrogen-bond acceptors (Lipinski definition) is 3. The Morgan fingerprint density at radius 2 is 2.38 bits per heavy atom. The molecule has 2 atom stereocenters. The number of nitrogens with two attached hydrogens (primary N) is 1. The van der Waals surface area contributed by atoms with Crippen molar-refractivity contribution in [1.82, 2.24) is 5.32 Å². The van der Waals surface area contributed by atoms with E-state index in [1.54, 1.807) is 0 Å². The largest absolute Gasteiger partial charge is 0.370 e. The van der Waals surface area contributed by atoms with Gasteiger partial charge >= 0.3 is 0 Å². The summed E-state index contributed by atoms with van der Waals surface area (Å²) in [6, 6.07) is 0. The van der Waals surface area contributed by atoms with Gasteiger partial charge in [0.05, 0.1) is 0 Å². The van der Waals surface area contributed by atoms with Crippen molar-refractivity contribution in [2.75, 3.05) is 0 Å². The summed E-state index contributed by atoms with van der Waals surface area (Å²) in [5.74, 6) is 1.62. The van der Waals surface area contributed by atoms with E-state index in [0.29, 0.717) is 17.8 Å². The van der Waals surface area contributed by atoms with Crippen LogP contribution in [0.25, 0.3) is 0 Å². The third kappa shape index (κ3) is 2.06. The second kappa shape index (κ2) is 4.07. The number of nitrogens with zero attached hydrogens (tertiary/aromatic N) is 1. The predicted octanol–water partition coefficient (Wildman–Crippen LogP) is 1.41. The molecule has 2 unspecified atom stereocenters. The molecule has 1 saturated carbocycles. The summed E-state index contributed by atoms with van der Waals surface area (Å²) in [7, 11) is 0. The molecule has 1 spiro atoms. The summed E-state index contributed by atoms with van der Waals surface area (Å²) < 4.78 is 0. The average Bonchev–Trinajstić information content (AvgIpc) is 2.40. The molecule has 4 nitrogen and oxygen atoms in total. The Kier molecular flexibility index (Phi) is 2.91. The number of carbonyl (C=O) groups is 1. The summed E-state index contributed by atoms with van der Waals surface area (Å²) in [6.45, 7) is 4.46. The molecule has 0 saturated heterocycles. The first-order valence-corrected chi connectivity index (χ1v) is 6.18. The first kappa shape index (κ1) is 11.4. The van der Waals surface area contributed by atoms with Crippen molar-refractivity contribution in [2.45, 2.75) is 51.5 Å². The lowest BCUT2D eigenvalue weighted by Gasteiger charge is -2.34. The molecular formula is C12H21N3O. The van der Waals surface area contributed by atoms with Crippen LogP contribution in [-0.4, -0.2) is 17.4 Å². The monoisotopic (exact) mass is 223 g/mol. The Labute approximate surface area is 96.7 Å². The average molecular weight is 223 g/mol. The van der Waals surface area contributed by atoms with Crippen molar-refractivity contribution < 1.29 is 4.79 Å². The first-order valence-electron chi connectivity index (χ1n) is 6.18. The number of amides is 1. The van der Waals surface area contributed by atoms with Gasteiger partial charge in [0.15, 0.2) is 5.96 Å². The lowest BCUT2D eigenvalue weighted by Crippen LogP contribution is -2.44. The second-order valence-electron chi connectivity index (χ2n) is 5.57. The molecular weight excluding hydrogens is 202 g/mol. The van der Waals surface area contributed by atoms with Gasteiger partial charge in [-0.05, 0) is 31.1 Å². The van der Waals surface area contributed by atoms with E-state index in [1.165, 1.54) is 12.8 Å². The molecule has 2 rings (SSSR count). The molecule has 90 valence electrons. The van der Waals surface area contributed by atoms with E-state index < -0.39 is 5.54 Å². The van der Waals surface area contributed by atoms with Gasteiger partial charge in [-0.2, -0.15) is 0 Å². The van der Waals surface area contributed by atoms with Crippen LogP contribution in [0.15, 0.2) is 4.99 Å². The fourth-order valence-electron chi connectivity index (χ4n) is 3.08. The maximum Gasteiger partial charge on any atom is 0.254 e. The molecule has 1 amide bonds. The molecule has 4 heteroatoms. The summed E-state index contributed by atoms with van der Waals surface area (Å²) in [4.78, 5) is 16.2. The standard InChI is InChI=1S/C12H21N3O/c1-8(2)6-9-4-3-5-12(7-9)10(16)14-11(13)15-12/h8-9H,3-7H2,1-2H3,(H3,13,14,15,16). The maximum atomic E-state index is 11.9. The third-order valence-corrected chi connectivity index (χ3v) is 3.63. The Morgan fingerprint density at radius 3 is 2.94 bits per heavy atom. The van der Waals surface area contributed by atoms with Crippen molar-refractivity contribution in [3.05, 3.63) is 0 Å². The summed E-state index contributed by atoms with van der Waals surface area (Å²) in [5, 5.41) is 2.64. The lowest BCUT2D eigenvalue weighted by atomic mass is 9.73. The second-order valence-corrected chi connectivity index (χ2v) is 5.57. The third-order valence-electron chi connectivity index (χ3n) is 3.63. The zero-order chi connectivity index (χ0) is 11.8. The Hall–Kier alpha value is -1.06. The number of aliphatic imine (C=N–C) groups is 1. The van der Waals surface area contributed by atoms with Gasteiger partial charge in [-0.25, -0.2) is 4.99 Å². The fourth-order valence-corrected chi connectivity index (χ4v) is 3.08. The smallest absolute Gasteiger partial charge is 0.254 e. The van der Waals surface area contributed by atoms with Crippen LogP contribution in [0.4, 0.5) is 0 Å². The van der Waals surface area contributed by atoms with Crippen molar-refractivity contribution in [1.29, 1.82) is 0 Å². The van der Waals surface area contributed by atoms with Gasteiger partial charge in [-0.15, -0.1) is 0 Å². The van der Waals surface area contributed by atoms with Crippen LogP contribution in [0.2, 0.25) is 0 Å². The quantitative estimate of drug-likeness (QED) is 0.743. The Morgan fingerprint density at radius 1 is 1.62 bits per heavy atom. The van der Waals surface area contributed by atoms with Crippen LogP contribution < -0.4 is 11.1 Å². The summed E-state index contributed by atoms with van der Waals surface area (Å²) in [6.07, 6.45) is 5.22. The fraction of sp³-hybridized carbons (Fsp3) is 0.833. The maximum absolute atomic E-state index is 11.9. The van der Waals surface area contributed by atoms with E-state index >= 15 is 0 Å². The zero-order valence-corrected chi connectivity index (χ0v) is 10.1. The molecule has 3 N–H and O–H groups in total. The number of rotatable bonds is 2. The van der Waals surface area contributed by atoms with Crippen molar-refractivity contribution in [2.24, 2.45) is 22.6 Å². The minimum atomic E-state index is -0.526. The lowest BCUT2D eigenvalue weighted by molar-refractivity contribution is -0.125. The van der Waals surface area contributed by atoms with Crippen molar-refractivity contribution in [3.63, 3.8) is 0 Å². The molecule has 0 aromatic carbocycles. The molecule has 0 bridgehead atoms. The Bertz CT molecular complexity index is 324. The molecule has 16 heavy (non-hydrogen) atoms. The van der Waals surface area contributed by atoms with Gasteiger partial charge in [-0.1, -0.05) is 26.7 Å². The summed E-state index contributed by atoms with van der Waals surface area (Å²) in [5.41, 5.74) is 5.07. The molecule has 0 radical (unpaired) electrons. The van der Waals surface area contributed by atoms with E-state index in [1.807, 2.05) is 0 Å². The predicted molar refractivity (Wildman–Crippen MR) is 63.9 cm³/mol. The number of guanidine groups is 1. The highest BCUT2D eigenvalue weighted by atomic mass is 16.2. The number of nitrogens with one attached hydrogen (secondary N) is 1. The van der Waals surface area contributed by atoms with Gasteiger partial charge in [-0.3, -0.25) is 10.1 Å². The van der Waals surface area contributed by atoms with Crippen molar-refractivity contribution in [3.8, 4) is 0 Å². The van der Waals surface area contributed by atoms with Crippen LogP contribution in [0.3, 0.4) is 0 Å². The first-order chi connectivity index (χ1) is 7.52. The van der Waals surface area contributed by atoms with Gasteiger partial charge in [0.25, 0.3) is 5.91 Å². The molecule has 0 aromatic heterocycles. The van der Waals surface area contributed by atoms with Crippen LogP contribution >= 0.6 is 0 Å². The van der Waals surface area contributed by atoms with Gasteiger partial charge in [0.1, 0.15) is 5.54 Å².